The number of benzene rings is 2. The fraction of sp³-hybridized carbons (Fsp3) is 0.375. The van der Waals surface area contributed by atoms with Crippen molar-refractivity contribution in [2.45, 2.75) is 45.1 Å². The predicted molar refractivity (Wildman–Crippen MR) is 118 cm³/mol. The quantitative estimate of drug-likeness (QED) is 0.652. The third-order valence-corrected chi connectivity index (χ3v) is 5.44. The van der Waals surface area contributed by atoms with Crippen LogP contribution >= 0.6 is 0 Å². The summed E-state index contributed by atoms with van der Waals surface area (Å²) in [7, 11) is 3.16. The first-order valence-electron chi connectivity index (χ1n) is 10.4. The second-order valence-electron chi connectivity index (χ2n) is 7.42. The molecule has 2 aromatic carbocycles. The number of nitrogens with zero attached hydrogens (tertiary/aromatic N) is 2. The Hall–Kier alpha value is -3.35. The SMILES string of the molecule is CCc1ccc([C@@H]2CC(c3ccc(OC)c(OC)c3)=NN2C(=O)CCCC(=O)O)cc1. The van der Waals surface area contributed by atoms with Crippen molar-refractivity contribution in [1.29, 1.82) is 0 Å². The second-order valence-corrected chi connectivity index (χ2v) is 7.42. The molecular formula is C24H28N2O5. The van der Waals surface area contributed by atoms with Gasteiger partial charge in [0.2, 0.25) is 5.91 Å². The van der Waals surface area contributed by atoms with Gasteiger partial charge in [-0.2, -0.15) is 5.10 Å². The molecular weight excluding hydrogens is 396 g/mol. The van der Waals surface area contributed by atoms with E-state index in [9.17, 15) is 9.59 Å². The minimum absolute atomic E-state index is 0.0400. The van der Waals surface area contributed by atoms with Gasteiger partial charge >= 0.3 is 5.97 Å². The van der Waals surface area contributed by atoms with Crippen molar-refractivity contribution in [3.8, 4) is 11.5 Å². The monoisotopic (exact) mass is 424 g/mol. The number of hydrogen-bond acceptors (Lipinski definition) is 5. The van der Waals surface area contributed by atoms with Crippen LogP contribution in [0.25, 0.3) is 0 Å². The number of hydrogen-bond donors (Lipinski definition) is 1. The highest BCUT2D eigenvalue weighted by atomic mass is 16.5. The van der Waals surface area contributed by atoms with Crippen LogP contribution in [0.5, 0.6) is 11.5 Å². The van der Waals surface area contributed by atoms with Gasteiger partial charge in [0.05, 0.1) is 26.0 Å². The number of carboxylic acids is 1. The molecule has 1 heterocycles. The number of methoxy groups -OCH3 is 2. The zero-order valence-corrected chi connectivity index (χ0v) is 18.1. The minimum atomic E-state index is -0.907. The number of hydrazone groups is 1. The van der Waals surface area contributed by atoms with Crippen molar-refractivity contribution in [3.63, 3.8) is 0 Å². The van der Waals surface area contributed by atoms with Gasteiger partial charge in [-0.15, -0.1) is 0 Å². The molecule has 0 radical (unpaired) electrons. The molecule has 1 atom stereocenters. The summed E-state index contributed by atoms with van der Waals surface area (Å²) in [6, 6.07) is 13.5. The van der Waals surface area contributed by atoms with E-state index in [0.717, 1.165) is 23.3 Å². The predicted octanol–water partition coefficient (Wildman–Crippen LogP) is 4.20. The minimum Gasteiger partial charge on any atom is -0.493 e. The van der Waals surface area contributed by atoms with Gasteiger partial charge in [-0.3, -0.25) is 9.59 Å². The van der Waals surface area contributed by atoms with Crippen molar-refractivity contribution in [3.05, 3.63) is 59.2 Å². The van der Waals surface area contributed by atoms with Crippen LogP contribution in [0.15, 0.2) is 47.6 Å². The van der Waals surface area contributed by atoms with Crippen LogP contribution in [-0.4, -0.2) is 41.9 Å². The molecule has 0 spiro atoms. The Kier molecular flexibility index (Phi) is 7.28. The molecule has 164 valence electrons. The van der Waals surface area contributed by atoms with E-state index in [0.29, 0.717) is 17.9 Å². The number of rotatable bonds is 9. The molecule has 1 aliphatic heterocycles. The van der Waals surface area contributed by atoms with Crippen LogP contribution in [-0.2, 0) is 16.0 Å². The normalized spacial score (nSPS) is 15.5. The maximum Gasteiger partial charge on any atom is 0.303 e. The maximum absolute atomic E-state index is 12.9. The topological polar surface area (TPSA) is 88.4 Å². The molecule has 0 aromatic heterocycles. The first kappa shape index (κ1) is 22.3. The molecule has 1 amide bonds. The van der Waals surface area contributed by atoms with E-state index in [-0.39, 0.29) is 31.2 Å². The van der Waals surface area contributed by atoms with Crippen LogP contribution < -0.4 is 9.47 Å². The van der Waals surface area contributed by atoms with E-state index in [4.69, 9.17) is 14.6 Å². The molecule has 0 fully saturated rings. The summed E-state index contributed by atoms with van der Waals surface area (Å²) in [6.45, 7) is 2.10. The summed E-state index contributed by atoms with van der Waals surface area (Å²) in [5.74, 6) is 0.132. The lowest BCUT2D eigenvalue weighted by molar-refractivity contribution is -0.137. The first-order valence-corrected chi connectivity index (χ1v) is 10.4. The molecule has 0 unspecified atom stereocenters. The molecule has 0 saturated carbocycles. The van der Waals surface area contributed by atoms with Crippen LogP contribution in [0, 0.1) is 0 Å². The van der Waals surface area contributed by atoms with Gasteiger partial charge < -0.3 is 14.6 Å². The number of ether oxygens (including phenoxy) is 2. The molecule has 7 heteroatoms. The van der Waals surface area contributed by atoms with E-state index in [1.165, 1.54) is 10.6 Å². The summed E-state index contributed by atoms with van der Waals surface area (Å²) in [5.41, 5.74) is 3.86. The average molecular weight is 424 g/mol. The van der Waals surface area contributed by atoms with E-state index in [2.05, 4.69) is 24.2 Å². The summed E-state index contributed by atoms with van der Waals surface area (Å²) >= 11 is 0. The molecule has 1 aliphatic rings. The number of amides is 1. The highest BCUT2D eigenvalue weighted by Crippen LogP contribution is 2.36. The molecule has 3 rings (SSSR count). The van der Waals surface area contributed by atoms with Crippen LogP contribution in [0.3, 0.4) is 0 Å². The van der Waals surface area contributed by atoms with Gasteiger partial charge in [0, 0.05) is 24.8 Å². The zero-order chi connectivity index (χ0) is 22.4. The van der Waals surface area contributed by atoms with Crippen LogP contribution in [0.4, 0.5) is 0 Å². The molecule has 2 aromatic rings. The fourth-order valence-electron chi connectivity index (χ4n) is 3.67. The van der Waals surface area contributed by atoms with Gasteiger partial charge in [0.1, 0.15) is 0 Å². The van der Waals surface area contributed by atoms with Gasteiger partial charge in [-0.05, 0) is 42.2 Å². The molecule has 7 nitrogen and oxygen atoms in total. The van der Waals surface area contributed by atoms with E-state index >= 15 is 0 Å². The lowest BCUT2D eigenvalue weighted by atomic mass is 9.97. The summed E-state index contributed by atoms with van der Waals surface area (Å²) in [5, 5.41) is 15.0. The lowest BCUT2D eigenvalue weighted by Gasteiger charge is -2.22. The smallest absolute Gasteiger partial charge is 0.303 e. The Morgan fingerprint density at radius 1 is 1.06 bits per heavy atom. The molecule has 31 heavy (non-hydrogen) atoms. The molecule has 1 N–H and O–H groups in total. The van der Waals surface area contributed by atoms with Gasteiger partial charge in [0.25, 0.3) is 0 Å². The summed E-state index contributed by atoms with van der Waals surface area (Å²) < 4.78 is 10.7. The standard InChI is InChI=1S/C24H28N2O5/c1-4-16-8-10-17(11-9-16)20-15-19(18-12-13-21(30-2)22(14-18)31-3)25-26(20)23(27)6-5-7-24(28)29/h8-14,20H,4-7,15H2,1-3H3,(H,28,29)/t20-/m0/s1. The highest BCUT2D eigenvalue weighted by molar-refractivity contribution is 6.03. The summed E-state index contributed by atoms with van der Waals surface area (Å²) in [4.78, 5) is 23.7. The van der Waals surface area contributed by atoms with Crippen molar-refractivity contribution in [2.24, 2.45) is 5.10 Å². The number of carbonyl (C=O) groups is 2. The Balaban J connectivity index is 1.90. The highest BCUT2D eigenvalue weighted by Gasteiger charge is 2.33. The van der Waals surface area contributed by atoms with Gasteiger partial charge in [-0.1, -0.05) is 31.2 Å². The third kappa shape index (κ3) is 5.23. The molecule has 0 saturated heterocycles. The van der Waals surface area contributed by atoms with Gasteiger partial charge in [0.15, 0.2) is 11.5 Å². The van der Waals surface area contributed by atoms with Crippen molar-refractivity contribution < 1.29 is 24.2 Å². The van der Waals surface area contributed by atoms with E-state index in [1.54, 1.807) is 14.2 Å². The maximum atomic E-state index is 12.9. The van der Waals surface area contributed by atoms with Gasteiger partial charge in [-0.25, -0.2) is 5.01 Å². The second kappa shape index (κ2) is 10.1. The average Bonchev–Trinajstić information content (AvgIpc) is 3.24. The number of carbonyl (C=O) groups excluding carboxylic acids is 1. The Bertz CT molecular complexity index is 968. The first-order chi connectivity index (χ1) is 15.0. The third-order valence-electron chi connectivity index (χ3n) is 5.44. The largest absolute Gasteiger partial charge is 0.493 e. The van der Waals surface area contributed by atoms with E-state index < -0.39 is 5.97 Å². The molecule has 0 aliphatic carbocycles. The lowest BCUT2D eigenvalue weighted by Crippen LogP contribution is -2.27. The van der Waals surface area contributed by atoms with Crippen molar-refractivity contribution >= 4 is 17.6 Å². The van der Waals surface area contributed by atoms with E-state index in [1.807, 2.05) is 30.3 Å². The fourth-order valence-corrected chi connectivity index (χ4v) is 3.67. The number of aliphatic carboxylic acids is 1. The van der Waals surface area contributed by atoms with Crippen molar-refractivity contribution in [2.75, 3.05) is 14.2 Å². The summed E-state index contributed by atoms with van der Waals surface area (Å²) in [6.07, 6.45) is 1.88. The van der Waals surface area contributed by atoms with Crippen LogP contribution in [0.2, 0.25) is 0 Å². The molecule has 0 bridgehead atoms. The Morgan fingerprint density at radius 3 is 2.39 bits per heavy atom. The Labute approximate surface area is 182 Å². The number of aryl methyl sites for hydroxylation is 1. The van der Waals surface area contributed by atoms with Crippen LogP contribution in [0.1, 0.15) is 55.3 Å². The number of carboxylic acid groups (broad SMARTS) is 1. The zero-order valence-electron chi connectivity index (χ0n) is 18.1. The Morgan fingerprint density at radius 2 is 1.77 bits per heavy atom. The van der Waals surface area contributed by atoms with Crippen molar-refractivity contribution in [1.82, 2.24) is 5.01 Å².